The van der Waals surface area contributed by atoms with Gasteiger partial charge >= 0.3 is 0 Å². The van der Waals surface area contributed by atoms with Crippen LogP contribution in [0.15, 0.2) is 84.9 Å². The molecule has 0 heterocycles. The van der Waals surface area contributed by atoms with Crippen LogP contribution in [0.2, 0.25) is 0 Å². The molecule has 0 saturated heterocycles. The molecule has 0 fully saturated rings. The van der Waals surface area contributed by atoms with Crippen molar-refractivity contribution in [2.75, 3.05) is 12.4 Å². The molecule has 3 aromatic rings. The van der Waals surface area contributed by atoms with Crippen molar-refractivity contribution in [3.05, 3.63) is 106 Å². The summed E-state index contributed by atoms with van der Waals surface area (Å²) in [4.78, 5) is 11.8. The molecule has 0 spiro atoms. The lowest BCUT2D eigenvalue weighted by Crippen LogP contribution is -2.34. The number of benzene rings is 3. The van der Waals surface area contributed by atoms with Crippen molar-refractivity contribution in [3.8, 4) is 5.75 Å². The van der Waals surface area contributed by atoms with Gasteiger partial charge in [0.1, 0.15) is 11.8 Å². The van der Waals surface area contributed by atoms with Gasteiger partial charge in [0.25, 0.3) is 0 Å². The minimum atomic E-state index is -0.808. The molecule has 0 amide bonds. The number of hydrogen-bond acceptors (Lipinski definition) is 4. The topological polar surface area (TPSA) is 64.4 Å². The third kappa shape index (κ3) is 4.85. The number of nitrogens with one attached hydrogen (secondary N) is 1. The minimum Gasteiger partial charge on any atom is -0.497 e. The summed E-state index contributed by atoms with van der Waals surface area (Å²) in [5.74, 6) is 0.743. The number of nitrogens with zero attached hydrogens (tertiary/aromatic N) is 1. The van der Waals surface area contributed by atoms with Gasteiger partial charge in [-0.15, -0.1) is 0 Å². The van der Waals surface area contributed by atoms with Crippen LogP contribution in [0, 0.1) is 10.1 Å². The minimum absolute atomic E-state index is 0.193. The monoisotopic (exact) mass is 362 g/mol. The van der Waals surface area contributed by atoms with E-state index in [0.29, 0.717) is 6.42 Å². The van der Waals surface area contributed by atoms with Gasteiger partial charge in [0.15, 0.2) is 0 Å². The molecule has 5 heteroatoms. The van der Waals surface area contributed by atoms with Gasteiger partial charge in [0.2, 0.25) is 6.04 Å². The van der Waals surface area contributed by atoms with E-state index in [0.717, 1.165) is 22.6 Å². The van der Waals surface area contributed by atoms with E-state index >= 15 is 0 Å². The molecule has 5 nitrogen and oxygen atoms in total. The second-order valence-electron chi connectivity index (χ2n) is 6.30. The zero-order chi connectivity index (χ0) is 19.1. The Balaban J connectivity index is 1.92. The standard InChI is InChI=1S/C22H22N2O3/c1-27-20-14-12-19(13-15-20)23-22(18-10-6-3-7-11-18)21(24(25)26)16-17-8-4-2-5-9-17/h2-15,21-23H,16H2,1H3/t21-,22+/m1/s1. The summed E-state index contributed by atoms with van der Waals surface area (Å²) in [5, 5.41) is 15.3. The van der Waals surface area contributed by atoms with Crippen LogP contribution in [-0.2, 0) is 6.42 Å². The maximum absolute atomic E-state index is 12.0. The second kappa shape index (κ2) is 8.85. The molecule has 3 rings (SSSR count). The third-order valence-corrected chi connectivity index (χ3v) is 4.51. The SMILES string of the molecule is COc1ccc(N[C@@H](c2ccccc2)[C@@H](Cc2ccccc2)[N+](=O)[O-])cc1. The van der Waals surface area contributed by atoms with Crippen LogP contribution >= 0.6 is 0 Å². The van der Waals surface area contributed by atoms with Crippen molar-refractivity contribution < 1.29 is 9.66 Å². The number of hydrogen-bond donors (Lipinski definition) is 1. The number of nitro groups is 1. The Morgan fingerprint density at radius 2 is 1.52 bits per heavy atom. The molecule has 0 unspecified atom stereocenters. The van der Waals surface area contributed by atoms with E-state index in [1.807, 2.05) is 84.9 Å². The lowest BCUT2D eigenvalue weighted by Gasteiger charge is -2.24. The van der Waals surface area contributed by atoms with Gasteiger partial charge in [0, 0.05) is 17.0 Å². The maximum atomic E-state index is 12.0. The smallest absolute Gasteiger partial charge is 0.241 e. The van der Waals surface area contributed by atoms with Crippen molar-refractivity contribution in [2.24, 2.45) is 0 Å². The Labute approximate surface area is 158 Å². The zero-order valence-electron chi connectivity index (χ0n) is 15.1. The summed E-state index contributed by atoms with van der Waals surface area (Å²) < 4.78 is 5.19. The maximum Gasteiger partial charge on any atom is 0.241 e. The first kappa shape index (κ1) is 18.5. The zero-order valence-corrected chi connectivity index (χ0v) is 15.1. The van der Waals surface area contributed by atoms with E-state index in [9.17, 15) is 10.1 Å². The molecular weight excluding hydrogens is 340 g/mol. The highest BCUT2D eigenvalue weighted by atomic mass is 16.6. The van der Waals surface area contributed by atoms with Crippen LogP contribution in [0.3, 0.4) is 0 Å². The highest BCUT2D eigenvalue weighted by molar-refractivity contribution is 5.48. The summed E-state index contributed by atoms with van der Waals surface area (Å²) in [6.45, 7) is 0. The molecule has 2 atom stereocenters. The Kier molecular flexibility index (Phi) is 6.05. The van der Waals surface area contributed by atoms with E-state index in [-0.39, 0.29) is 4.92 Å². The summed E-state index contributed by atoms with van der Waals surface area (Å²) in [6, 6.07) is 25.3. The van der Waals surface area contributed by atoms with Crippen LogP contribution in [0.5, 0.6) is 5.75 Å². The lowest BCUT2D eigenvalue weighted by molar-refractivity contribution is -0.525. The van der Waals surface area contributed by atoms with Crippen molar-refractivity contribution in [1.29, 1.82) is 0 Å². The Bertz CT molecular complexity index is 852. The molecule has 0 aromatic heterocycles. The molecule has 3 aromatic carbocycles. The normalized spacial score (nSPS) is 12.8. The van der Waals surface area contributed by atoms with Crippen molar-refractivity contribution in [3.63, 3.8) is 0 Å². The molecule has 0 aliphatic carbocycles. The van der Waals surface area contributed by atoms with Gasteiger partial charge in [-0.2, -0.15) is 0 Å². The second-order valence-corrected chi connectivity index (χ2v) is 6.30. The fourth-order valence-corrected chi connectivity index (χ4v) is 3.10. The van der Waals surface area contributed by atoms with Gasteiger partial charge in [-0.05, 0) is 35.4 Å². The Hall–Kier alpha value is -3.34. The van der Waals surface area contributed by atoms with Crippen LogP contribution in [0.1, 0.15) is 17.2 Å². The predicted octanol–water partition coefficient (Wildman–Crippen LogP) is 4.74. The molecule has 0 aliphatic heterocycles. The van der Waals surface area contributed by atoms with Gasteiger partial charge < -0.3 is 10.1 Å². The first-order valence-electron chi connectivity index (χ1n) is 8.80. The third-order valence-electron chi connectivity index (χ3n) is 4.51. The number of anilines is 1. The average Bonchev–Trinajstić information content (AvgIpc) is 2.72. The molecule has 27 heavy (non-hydrogen) atoms. The molecule has 0 radical (unpaired) electrons. The number of methoxy groups -OCH3 is 1. The molecule has 0 saturated carbocycles. The van der Waals surface area contributed by atoms with E-state index in [2.05, 4.69) is 5.32 Å². The first-order valence-corrected chi connectivity index (χ1v) is 8.80. The van der Waals surface area contributed by atoms with Crippen LogP contribution in [0.4, 0.5) is 5.69 Å². The van der Waals surface area contributed by atoms with Crippen LogP contribution in [0.25, 0.3) is 0 Å². The molecule has 1 N–H and O–H groups in total. The van der Waals surface area contributed by atoms with E-state index < -0.39 is 12.1 Å². The van der Waals surface area contributed by atoms with E-state index in [1.54, 1.807) is 7.11 Å². The van der Waals surface area contributed by atoms with Crippen LogP contribution < -0.4 is 10.1 Å². The molecular formula is C22H22N2O3. The summed E-state index contributed by atoms with van der Waals surface area (Å²) >= 11 is 0. The summed E-state index contributed by atoms with van der Waals surface area (Å²) in [7, 11) is 1.61. The molecule has 0 aliphatic rings. The highest BCUT2D eigenvalue weighted by Crippen LogP contribution is 2.27. The van der Waals surface area contributed by atoms with Crippen molar-refractivity contribution >= 4 is 5.69 Å². The summed E-state index contributed by atoms with van der Waals surface area (Å²) in [5.41, 5.74) is 2.63. The van der Waals surface area contributed by atoms with E-state index in [1.165, 1.54) is 0 Å². The van der Waals surface area contributed by atoms with Gasteiger partial charge in [-0.3, -0.25) is 10.1 Å². The van der Waals surface area contributed by atoms with Crippen molar-refractivity contribution in [1.82, 2.24) is 0 Å². The average molecular weight is 362 g/mol. The number of rotatable bonds is 8. The fourth-order valence-electron chi connectivity index (χ4n) is 3.10. The fraction of sp³-hybridized carbons (Fsp3) is 0.182. The number of ether oxygens (including phenoxy) is 1. The Morgan fingerprint density at radius 3 is 2.07 bits per heavy atom. The highest BCUT2D eigenvalue weighted by Gasteiger charge is 2.33. The molecule has 138 valence electrons. The largest absolute Gasteiger partial charge is 0.497 e. The summed E-state index contributed by atoms with van der Waals surface area (Å²) in [6.07, 6.45) is 0.344. The first-order chi connectivity index (χ1) is 13.2. The van der Waals surface area contributed by atoms with Gasteiger partial charge in [0.05, 0.1) is 7.11 Å². The van der Waals surface area contributed by atoms with E-state index in [4.69, 9.17) is 4.74 Å². The molecule has 0 bridgehead atoms. The quantitative estimate of drug-likeness (QED) is 0.464. The predicted molar refractivity (Wildman–Crippen MR) is 107 cm³/mol. The van der Waals surface area contributed by atoms with Crippen molar-refractivity contribution in [2.45, 2.75) is 18.5 Å². The van der Waals surface area contributed by atoms with Crippen LogP contribution in [-0.4, -0.2) is 18.1 Å². The van der Waals surface area contributed by atoms with Gasteiger partial charge in [-0.25, -0.2) is 0 Å². The Morgan fingerprint density at radius 1 is 0.926 bits per heavy atom. The lowest BCUT2D eigenvalue weighted by atomic mass is 9.94. The van der Waals surface area contributed by atoms with Gasteiger partial charge in [-0.1, -0.05) is 60.7 Å².